The van der Waals surface area contributed by atoms with Crippen molar-refractivity contribution >= 4 is 23.2 Å². The Morgan fingerprint density at radius 2 is 1.22 bits per heavy atom. The van der Waals surface area contributed by atoms with E-state index in [0.717, 1.165) is 87.2 Å². The zero-order valence-corrected chi connectivity index (χ0v) is 36.4. The van der Waals surface area contributed by atoms with Crippen molar-refractivity contribution in [2.75, 3.05) is 78.7 Å². The molecular formula is C49H68Cl2N4O3. The monoisotopic (exact) mass is 830 g/mol. The van der Waals surface area contributed by atoms with Crippen molar-refractivity contribution in [1.29, 1.82) is 0 Å². The van der Waals surface area contributed by atoms with Gasteiger partial charge in [0.1, 0.15) is 17.7 Å². The maximum Gasteiger partial charge on any atom is 0.119 e. The van der Waals surface area contributed by atoms with E-state index in [1.807, 2.05) is 18.2 Å². The van der Waals surface area contributed by atoms with Crippen LogP contribution >= 0.6 is 23.2 Å². The fourth-order valence-corrected chi connectivity index (χ4v) is 11.0. The zero-order chi connectivity index (χ0) is 39.7. The number of piperidine rings is 1. The Balaban J connectivity index is 0.795. The van der Waals surface area contributed by atoms with E-state index in [9.17, 15) is 5.11 Å². The molecule has 1 N–H and O–H groups in total. The molecule has 0 bridgehead atoms. The van der Waals surface area contributed by atoms with Gasteiger partial charge in [-0.05, 0) is 199 Å². The number of nitrogens with zero attached hydrogens (tertiary/aromatic N) is 4. The predicted octanol–water partition coefficient (Wildman–Crippen LogP) is 9.17. The van der Waals surface area contributed by atoms with Gasteiger partial charge in [-0.3, -0.25) is 4.90 Å². The Morgan fingerprint density at radius 1 is 0.638 bits per heavy atom. The van der Waals surface area contributed by atoms with Crippen molar-refractivity contribution in [2.24, 2.45) is 17.8 Å². The number of aliphatic hydroxyl groups is 1. The van der Waals surface area contributed by atoms with Gasteiger partial charge >= 0.3 is 0 Å². The van der Waals surface area contributed by atoms with E-state index in [2.05, 4.69) is 56.0 Å². The summed E-state index contributed by atoms with van der Waals surface area (Å²) in [4.78, 5) is 10.1. The number of halogens is 2. The number of aryl methyl sites for hydroxylation is 2. The average Bonchev–Trinajstić information content (AvgIpc) is 3.97. The van der Waals surface area contributed by atoms with Gasteiger partial charge in [-0.1, -0.05) is 41.4 Å². The lowest BCUT2D eigenvalue weighted by Crippen LogP contribution is -2.48. The van der Waals surface area contributed by atoms with Crippen molar-refractivity contribution in [2.45, 2.75) is 103 Å². The molecule has 4 unspecified atom stereocenters. The van der Waals surface area contributed by atoms with Gasteiger partial charge in [0.15, 0.2) is 0 Å². The number of benzene rings is 3. The van der Waals surface area contributed by atoms with Crippen molar-refractivity contribution in [1.82, 2.24) is 19.6 Å². The second kappa shape index (κ2) is 20.9. The second-order valence-electron chi connectivity index (χ2n) is 18.3. The summed E-state index contributed by atoms with van der Waals surface area (Å²) in [5, 5.41) is 13.1. The highest BCUT2D eigenvalue weighted by atomic mass is 35.5. The Bertz CT molecular complexity index is 1760. The first-order valence-electron chi connectivity index (χ1n) is 22.9. The van der Waals surface area contributed by atoms with Gasteiger partial charge in [0, 0.05) is 45.2 Å². The van der Waals surface area contributed by atoms with Crippen LogP contribution in [0.25, 0.3) is 0 Å². The van der Waals surface area contributed by atoms with Gasteiger partial charge in [-0.25, -0.2) is 0 Å². The van der Waals surface area contributed by atoms with Crippen LogP contribution in [0.4, 0.5) is 0 Å². The smallest absolute Gasteiger partial charge is 0.119 e. The second-order valence-corrected chi connectivity index (χ2v) is 19.1. The van der Waals surface area contributed by atoms with Crippen molar-refractivity contribution in [3.8, 4) is 11.5 Å². The van der Waals surface area contributed by atoms with Gasteiger partial charge in [0.2, 0.25) is 0 Å². The molecule has 0 radical (unpaired) electrons. The molecule has 0 aromatic heterocycles. The molecule has 8 rings (SSSR count). The highest BCUT2D eigenvalue weighted by molar-refractivity contribution is 6.42. The topological polar surface area (TPSA) is 51.7 Å². The Kier molecular flexibility index (Phi) is 15.3. The van der Waals surface area contributed by atoms with Crippen molar-refractivity contribution in [3.63, 3.8) is 0 Å². The SMILES string of the molecule is OC(C1CCCN(CCCOc2ccc3c(c2)CCC(CN2CCCC2)C3)C1)N(CCCOc1ccc2c(c1)CCC(CN1CCCC1)C2)Cc1ccc(Cl)c(Cl)c1. The van der Waals surface area contributed by atoms with E-state index in [1.54, 1.807) is 0 Å². The van der Waals surface area contributed by atoms with Crippen LogP contribution in [0.1, 0.15) is 92.0 Å². The largest absolute Gasteiger partial charge is 0.494 e. The van der Waals surface area contributed by atoms with E-state index in [0.29, 0.717) is 29.8 Å². The van der Waals surface area contributed by atoms with Gasteiger partial charge < -0.3 is 29.3 Å². The summed E-state index contributed by atoms with van der Waals surface area (Å²) >= 11 is 12.7. The fourth-order valence-electron chi connectivity index (χ4n) is 10.7. The van der Waals surface area contributed by atoms with Gasteiger partial charge in [-0.15, -0.1) is 0 Å². The summed E-state index contributed by atoms with van der Waals surface area (Å²) in [6.07, 6.45) is 16.1. The van der Waals surface area contributed by atoms with E-state index in [1.165, 1.54) is 119 Å². The highest BCUT2D eigenvalue weighted by Gasteiger charge is 2.30. The lowest BCUT2D eigenvalue weighted by atomic mass is 9.83. The molecule has 5 aliphatic rings. The van der Waals surface area contributed by atoms with E-state index in [4.69, 9.17) is 32.7 Å². The molecule has 2 aliphatic carbocycles. The third-order valence-electron chi connectivity index (χ3n) is 13.9. The first kappa shape index (κ1) is 42.3. The fraction of sp³-hybridized carbons (Fsp3) is 0.633. The number of aliphatic hydroxyl groups excluding tert-OH is 1. The summed E-state index contributed by atoms with van der Waals surface area (Å²) in [6.45, 7) is 13.3. The number of fused-ring (bicyclic) bond motifs is 2. The third kappa shape index (κ3) is 11.7. The molecule has 3 aliphatic heterocycles. The number of hydrogen-bond acceptors (Lipinski definition) is 7. The Morgan fingerprint density at radius 3 is 1.83 bits per heavy atom. The minimum Gasteiger partial charge on any atom is -0.494 e. The van der Waals surface area contributed by atoms with Crippen LogP contribution in [0.5, 0.6) is 11.5 Å². The van der Waals surface area contributed by atoms with Gasteiger partial charge in [0.05, 0.1) is 23.3 Å². The molecule has 3 heterocycles. The number of likely N-dealkylation sites (tertiary alicyclic amines) is 3. The number of ether oxygens (including phenoxy) is 2. The molecule has 3 fully saturated rings. The first-order valence-corrected chi connectivity index (χ1v) is 23.7. The predicted molar refractivity (Wildman–Crippen MR) is 238 cm³/mol. The molecule has 9 heteroatoms. The summed E-state index contributed by atoms with van der Waals surface area (Å²) in [7, 11) is 0. The summed E-state index contributed by atoms with van der Waals surface area (Å²) in [5.41, 5.74) is 7.03. The van der Waals surface area contributed by atoms with E-state index >= 15 is 0 Å². The molecule has 3 aromatic rings. The van der Waals surface area contributed by atoms with Crippen LogP contribution in [0, 0.1) is 17.8 Å². The minimum atomic E-state index is -0.559. The molecule has 7 nitrogen and oxygen atoms in total. The van der Waals surface area contributed by atoms with Gasteiger partial charge in [-0.2, -0.15) is 0 Å². The molecule has 58 heavy (non-hydrogen) atoms. The summed E-state index contributed by atoms with van der Waals surface area (Å²) < 4.78 is 12.7. The molecule has 0 amide bonds. The maximum absolute atomic E-state index is 12.0. The molecule has 316 valence electrons. The standard InChI is InChI=1S/C49H68Cl2N4O3/c50-47-18-11-39(30-48(47)51)35-55(25-7-27-58-46-17-15-41-29-38(10-13-43(41)32-46)34-53-21-3-4-22-53)49(56)44-8-5-23-54(36-44)24-6-26-57-45-16-14-40-28-37(9-12-42(40)31-45)33-52-19-1-2-20-52/h11,14-18,30-32,37-38,44,49,56H,1-10,12-13,19-29,33-36H2. The molecule has 4 atom stereocenters. The van der Waals surface area contributed by atoms with E-state index < -0.39 is 6.23 Å². The molecule has 3 aromatic carbocycles. The Hall–Kier alpha value is -2.36. The van der Waals surface area contributed by atoms with Crippen molar-refractivity contribution < 1.29 is 14.6 Å². The van der Waals surface area contributed by atoms with E-state index in [-0.39, 0.29) is 5.92 Å². The number of hydrogen-bond donors (Lipinski definition) is 1. The average molecular weight is 832 g/mol. The lowest BCUT2D eigenvalue weighted by Gasteiger charge is -2.39. The van der Waals surface area contributed by atoms with Crippen LogP contribution in [0.2, 0.25) is 10.0 Å². The molecule has 0 spiro atoms. The maximum atomic E-state index is 12.0. The van der Waals surface area contributed by atoms with Crippen LogP contribution in [-0.4, -0.2) is 110 Å². The van der Waals surface area contributed by atoms with Crippen LogP contribution in [0.3, 0.4) is 0 Å². The molecule has 3 saturated heterocycles. The number of rotatable bonds is 18. The lowest BCUT2D eigenvalue weighted by molar-refractivity contribution is -0.0673. The molecular weight excluding hydrogens is 763 g/mol. The van der Waals surface area contributed by atoms with Gasteiger partial charge in [0.25, 0.3) is 0 Å². The van der Waals surface area contributed by atoms with Crippen LogP contribution in [-0.2, 0) is 32.2 Å². The first-order chi connectivity index (χ1) is 28.4. The zero-order valence-electron chi connectivity index (χ0n) is 34.9. The Labute approximate surface area is 358 Å². The quantitative estimate of drug-likeness (QED) is 0.101. The van der Waals surface area contributed by atoms with Crippen molar-refractivity contribution in [3.05, 3.63) is 92.5 Å². The summed E-state index contributed by atoms with van der Waals surface area (Å²) in [6, 6.07) is 19.4. The summed E-state index contributed by atoms with van der Waals surface area (Å²) in [5.74, 6) is 3.72. The minimum absolute atomic E-state index is 0.170. The van der Waals surface area contributed by atoms with Crippen LogP contribution < -0.4 is 9.47 Å². The molecule has 0 saturated carbocycles. The third-order valence-corrected chi connectivity index (χ3v) is 14.6. The van der Waals surface area contributed by atoms with Crippen LogP contribution in [0.15, 0.2) is 54.6 Å². The normalized spacial score (nSPS) is 23.6. The highest BCUT2D eigenvalue weighted by Crippen LogP contribution is 2.32.